The van der Waals surface area contributed by atoms with Crippen molar-refractivity contribution in [1.82, 2.24) is 0 Å². The highest BCUT2D eigenvalue weighted by atomic mass is 16.5. The summed E-state index contributed by atoms with van der Waals surface area (Å²) < 4.78 is 10.7. The van der Waals surface area contributed by atoms with Gasteiger partial charge in [0.25, 0.3) is 5.91 Å². The minimum Gasteiger partial charge on any atom is -0.497 e. The molecule has 0 aliphatic carbocycles. The Morgan fingerprint density at radius 1 is 0.818 bits per heavy atom. The first-order chi connectivity index (χ1) is 15.9. The lowest BCUT2D eigenvalue weighted by molar-refractivity contribution is -0.128. The molecule has 7 nitrogen and oxygen atoms in total. The van der Waals surface area contributed by atoms with Crippen LogP contribution >= 0.6 is 0 Å². The summed E-state index contributed by atoms with van der Waals surface area (Å²) in [6.07, 6.45) is 0. The van der Waals surface area contributed by atoms with E-state index in [0.29, 0.717) is 22.9 Å². The van der Waals surface area contributed by atoms with Crippen LogP contribution in [0.2, 0.25) is 0 Å². The summed E-state index contributed by atoms with van der Waals surface area (Å²) in [6.45, 7) is -0.0739. The van der Waals surface area contributed by atoms with Crippen LogP contribution < -0.4 is 24.2 Å². The van der Waals surface area contributed by atoms with Gasteiger partial charge in [0.05, 0.1) is 14.2 Å². The molecule has 4 rings (SSSR count). The molecule has 33 heavy (non-hydrogen) atoms. The molecule has 1 aliphatic rings. The number of carbonyl (C=O) groups excluding carboxylic acids is 2. The zero-order chi connectivity index (χ0) is 23.5. The van der Waals surface area contributed by atoms with Gasteiger partial charge in [-0.05, 0) is 42.0 Å². The average molecular weight is 446 g/mol. The number of anilines is 3. The Bertz CT molecular complexity index is 1160. The van der Waals surface area contributed by atoms with Crippen molar-refractivity contribution < 1.29 is 19.1 Å². The lowest BCUT2D eigenvalue weighted by atomic mass is 9.99. The molecule has 1 atom stereocenters. The summed E-state index contributed by atoms with van der Waals surface area (Å²) in [6, 6.07) is 21.3. The molecule has 170 valence electrons. The van der Waals surface area contributed by atoms with Crippen LogP contribution in [0.1, 0.15) is 11.6 Å². The quantitative estimate of drug-likeness (QED) is 0.576. The maximum Gasteiger partial charge on any atom is 0.255 e. The number of methoxy groups -OCH3 is 2. The molecule has 0 aromatic heterocycles. The number of ether oxygens (including phenoxy) is 2. The zero-order valence-corrected chi connectivity index (χ0v) is 19.2. The van der Waals surface area contributed by atoms with Crippen LogP contribution in [0.4, 0.5) is 17.1 Å². The van der Waals surface area contributed by atoms with Gasteiger partial charge in [-0.25, -0.2) is 0 Å². The van der Waals surface area contributed by atoms with Gasteiger partial charge in [0.15, 0.2) is 0 Å². The lowest BCUT2D eigenvalue weighted by Crippen LogP contribution is -2.56. The number of hydrogen-bond acceptors (Lipinski definition) is 5. The third kappa shape index (κ3) is 4.35. The van der Waals surface area contributed by atoms with Crippen molar-refractivity contribution in [3.05, 3.63) is 78.4 Å². The van der Waals surface area contributed by atoms with E-state index in [0.717, 1.165) is 11.3 Å². The Kier molecular flexibility index (Phi) is 6.22. The Morgan fingerprint density at radius 3 is 1.97 bits per heavy atom. The van der Waals surface area contributed by atoms with Crippen LogP contribution in [-0.4, -0.2) is 46.7 Å². The fourth-order valence-electron chi connectivity index (χ4n) is 3.99. The summed E-state index contributed by atoms with van der Waals surface area (Å²) >= 11 is 0. The monoisotopic (exact) mass is 445 g/mol. The largest absolute Gasteiger partial charge is 0.497 e. The second-order valence-corrected chi connectivity index (χ2v) is 7.98. The number of nitrogens with zero attached hydrogens (tertiary/aromatic N) is 3. The molecule has 1 fully saturated rings. The van der Waals surface area contributed by atoms with Crippen molar-refractivity contribution in [2.24, 2.45) is 0 Å². The number of piperazine rings is 1. The first kappa shape index (κ1) is 22.2. The van der Waals surface area contributed by atoms with E-state index in [4.69, 9.17) is 9.47 Å². The highest BCUT2D eigenvalue weighted by Gasteiger charge is 2.42. The number of amides is 2. The van der Waals surface area contributed by atoms with Gasteiger partial charge >= 0.3 is 0 Å². The second-order valence-electron chi connectivity index (χ2n) is 7.98. The summed E-state index contributed by atoms with van der Waals surface area (Å²) in [5.74, 6) is 0.857. The highest BCUT2D eigenvalue weighted by molar-refractivity contribution is 6.14. The van der Waals surface area contributed by atoms with E-state index in [9.17, 15) is 9.59 Å². The molecule has 2 amide bonds. The van der Waals surface area contributed by atoms with Crippen molar-refractivity contribution in [3.8, 4) is 11.5 Å². The van der Waals surface area contributed by atoms with Crippen LogP contribution in [0.15, 0.2) is 72.8 Å². The van der Waals surface area contributed by atoms with Crippen molar-refractivity contribution in [2.45, 2.75) is 6.04 Å². The lowest BCUT2D eigenvalue weighted by Gasteiger charge is -2.40. The van der Waals surface area contributed by atoms with Crippen LogP contribution in [0.25, 0.3) is 0 Å². The van der Waals surface area contributed by atoms with E-state index >= 15 is 0 Å². The molecule has 0 bridgehead atoms. The van der Waals surface area contributed by atoms with Crippen LogP contribution in [0, 0.1) is 0 Å². The van der Waals surface area contributed by atoms with Gasteiger partial charge in [-0.15, -0.1) is 0 Å². The fourth-order valence-corrected chi connectivity index (χ4v) is 3.99. The van der Waals surface area contributed by atoms with Gasteiger partial charge in [0.1, 0.15) is 24.1 Å². The minimum absolute atomic E-state index is 0.0739. The molecule has 0 unspecified atom stereocenters. The summed E-state index contributed by atoms with van der Waals surface area (Å²) in [5, 5.41) is 0. The summed E-state index contributed by atoms with van der Waals surface area (Å²) in [5.41, 5.74) is 2.97. The van der Waals surface area contributed by atoms with Crippen LogP contribution in [-0.2, 0) is 9.59 Å². The maximum atomic E-state index is 13.9. The van der Waals surface area contributed by atoms with E-state index in [-0.39, 0.29) is 18.4 Å². The SMILES string of the molecule is COc1cccc(N2CC(=O)N(c3cccc(OC)c3)[C@H](c3ccc(N(C)C)cc3)C2=O)c1. The molecule has 3 aromatic rings. The Hall–Kier alpha value is -4.00. The van der Waals surface area contributed by atoms with Gasteiger partial charge in [-0.3, -0.25) is 14.5 Å². The predicted molar refractivity (Wildman–Crippen MR) is 129 cm³/mol. The van der Waals surface area contributed by atoms with E-state index in [1.165, 1.54) is 4.90 Å². The molecule has 0 spiro atoms. The fraction of sp³-hybridized carbons (Fsp3) is 0.231. The molecule has 0 N–H and O–H groups in total. The first-order valence-electron chi connectivity index (χ1n) is 10.6. The van der Waals surface area contributed by atoms with E-state index in [1.807, 2.05) is 61.5 Å². The third-order valence-electron chi connectivity index (χ3n) is 5.74. The van der Waals surface area contributed by atoms with E-state index < -0.39 is 6.04 Å². The smallest absolute Gasteiger partial charge is 0.255 e. The van der Waals surface area contributed by atoms with Gasteiger partial charge in [0, 0.05) is 43.3 Å². The number of rotatable bonds is 6. The highest BCUT2D eigenvalue weighted by Crippen LogP contribution is 2.36. The number of hydrogen-bond donors (Lipinski definition) is 0. The maximum absolute atomic E-state index is 13.9. The van der Waals surface area contributed by atoms with Crippen molar-refractivity contribution in [3.63, 3.8) is 0 Å². The molecular formula is C26H27N3O4. The van der Waals surface area contributed by atoms with Crippen molar-refractivity contribution >= 4 is 28.9 Å². The van der Waals surface area contributed by atoms with Gasteiger partial charge in [0.2, 0.25) is 5.91 Å². The summed E-state index contributed by atoms with van der Waals surface area (Å²) in [7, 11) is 7.06. The molecule has 3 aromatic carbocycles. The average Bonchev–Trinajstić information content (AvgIpc) is 2.85. The van der Waals surface area contributed by atoms with Gasteiger partial charge in [-0.1, -0.05) is 24.3 Å². The normalized spacial score (nSPS) is 16.1. The molecule has 1 aliphatic heterocycles. The topological polar surface area (TPSA) is 62.3 Å². The van der Waals surface area contributed by atoms with Crippen LogP contribution in [0.5, 0.6) is 11.5 Å². The Labute approximate surface area is 193 Å². The molecular weight excluding hydrogens is 418 g/mol. The third-order valence-corrected chi connectivity index (χ3v) is 5.74. The zero-order valence-electron chi connectivity index (χ0n) is 19.2. The first-order valence-corrected chi connectivity index (χ1v) is 10.6. The predicted octanol–water partition coefficient (Wildman–Crippen LogP) is 3.89. The second kappa shape index (κ2) is 9.24. The Morgan fingerprint density at radius 2 is 1.39 bits per heavy atom. The standard InChI is InChI=1S/C26H27N3O4/c1-27(2)19-13-11-18(12-14-19)25-26(31)28(20-7-5-9-22(15-20)32-3)17-24(30)29(25)21-8-6-10-23(16-21)33-4/h5-16,25H,17H2,1-4H3/t25-/m1/s1. The minimum atomic E-state index is -0.819. The van der Waals surface area contributed by atoms with E-state index in [2.05, 4.69) is 0 Å². The number of carbonyl (C=O) groups is 2. The molecule has 7 heteroatoms. The van der Waals surface area contributed by atoms with Gasteiger partial charge < -0.3 is 19.3 Å². The molecule has 0 saturated carbocycles. The Balaban J connectivity index is 1.81. The summed E-state index contributed by atoms with van der Waals surface area (Å²) in [4.78, 5) is 32.4. The van der Waals surface area contributed by atoms with Crippen molar-refractivity contribution in [2.75, 3.05) is 49.6 Å². The molecule has 0 radical (unpaired) electrons. The molecule has 1 heterocycles. The van der Waals surface area contributed by atoms with Gasteiger partial charge in [-0.2, -0.15) is 0 Å². The van der Waals surface area contributed by atoms with Crippen molar-refractivity contribution in [1.29, 1.82) is 0 Å². The number of benzene rings is 3. The van der Waals surface area contributed by atoms with E-state index in [1.54, 1.807) is 49.5 Å². The molecule has 1 saturated heterocycles. The van der Waals surface area contributed by atoms with Crippen LogP contribution in [0.3, 0.4) is 0 Å².